The number of hydrogen-bond donors (Lipinski definition) is 1. The van der Waals surface area contributed by atoms with Crippen molar-refractivity contribution in [3.05, 3.63) is 29.8 Å². The topological polar surface area (TPSA) is 21.3 Å². The van der Waals surface area contributed by atoms with Crippen LogP contribution in [0.4, 0.5) is 5.69 Å². The van der Waals surface area contributed by atoms with E-state index in [-0.39, 0.29) is 0 Å². The summed E-state index contributed by atoms with van der Waals surface area (Å²) in [5.41, 5.74) is 3.14. The molecule has 2 saturated carbocycles. The zero-order valence-electron chi connectivity index (χ0n) is 12.1. The molecule has 1 aromatic carbocycles. The van der Waals surface area contributed by atoms with Crippen LogP contribution in [0.15, 0.2) is 24.3 Å². The summed E-state index contributed by atoms with van der Waals surface area (Å²) >= 11 is 0. The zero-order chi connectivity index (χ0) is 13.3. The lowest BCUT2D eigenvalue weighted by atomic mass is 9.51. The number of benzene rings is 1. The van der Waals surface area contributed by atoms with Crippen LogP contribution in [0.3, 0.4) is 0 Å². The van der Waals surface area contributed by atoms with E-state index in [1.807, 2.05) is 0 Å². The van der Waals surface area contributed by atoms with Gasteiger partial charge in [-0.05, 0) is 50.3 Å². The fourth-order valence-electron chi connectivity index (χ4n) is 3.72. The molecular weight excluding hydrogens is 234 g/mol. The summed E-state index contributed by atoms with van der Waals surface area (Å²) in [5.74, 6) is 0. The monoisotopic (exact) mass is 259 g/mol. The van der Waals surface area contributed by atoms with E-state index in [4.69, 9.17) is 4.74 Å². The van der Waals surface area contributed by atoms with Gasteiger partial charge in [0.05, 0.1) is 6.10 Å². The molecule has 3 rings (SSSR count). The van der Waals surface area contributed by atoms with E-state index >= 15 is 0 Å². The molecule has 2 aliphatic carbocycles. The number of hydrogen-bond acceptors (Lipinski definition) is 2. The van der Waals surface area contributed by atoms with Crippen molar-refractivity contribution in [3.8, 4) is 0 Å². The number of aryl methyl sites for hydroxylation is 1. The van der Waals surface area contributed by atoms with E-state index in [9.17, 15) is 0 Å². The van der Waals surface area contributed by atoms with Crippen molar-refractivity contribution in [2.24, 2.45) is 5.41 Å². The van der Waals surface area contributed by atoms with Crippen LogP contribution in [0.2, 0.25) is 0 Å². The number of rotatable bonds is 5. The molecule has 1 aromatic rings. The first-order chi connectivity index (χ1) is 9.28. The van der Waals surface area contributed by atoms with Crippen LogP contribution in [0.5, 0.6) is 0 Å². The quantitative estimate of drug-likeness (QED) is 0.862. The first-order valence-electron chi connectivity index (χ1n) is 7.75. The van der Waals surface area contributed by atoms with Gasteiger partial charge in [-0.1, -0.05) is 25.5 Å². The molecule has 0 aromatic heterocycles. The summed E-state index contributed by atoms with van der Waals surface area (Å²) in [5, 5.41) is 3.75. The van der Waals surface area contributed by atoms with E-state index in [0.717, 1.165) is 13.0 Å². The maximum Gasteiger partial charge on any atom is 0.0670 e. The van der Waals surface area contributed by atoms with Gasteiger partial charge in [-0.2, -0.15) is 0 Å². The molecule has 1 N–H and O–H groups in total. The van der Waals surface area contributed by atoms with E-state index in [2.05, 4.69) is 43.4 Å². The normalized spacial score (nSPS) is 27.7. The van der Waals surface area contributed by atoms with Gasteiger partial charge in [0.2, 0.25) is 0 Å². The molecule has 2 atom stereocenters. The van der Waals surface area contributed by atoms with Gasteiger partial charge in [0.15, 0.2) is 0 Å². The van der Waals surface area contributed by atoms with E-state index in [1.165, 1.54) is 36.9 Å². The average Bonchev–Trinajstić information content (AvgIpc) is 2.36. The van der Waals surface area contributed by atoms with Gasteiger partial charge in [-0.25, -0.2) is 0 Å². The zero-order valence-corrected chi connectivity index (χ0v) is 12.1. The second-order valence-corrected chi connectivity index (χ2v) is 6.02. The lowest BCUT2D eigenvalue weighted by Crippen LogP contribution is -2.64. The van der Waals surface area contributed by atoms with Crippen LogP contribution >= 0.6 is 0 Å². The highest BCUT2D eigenvalue weighted by molar-refractivity contribution is 5.48. The maximum absolute atomic E-state index is 5.91. The number of ether oxygens (including phenoxy) is 1. The smallest absolute Gasteiger partial charge is 0.0670 e. The van der Waals surface area contributed by atoms with Gasteiger partial charge >= 0.3 is 0 Å². The van der Waals surface area contributed by atoms with E-state index in [0.29, 0.717) is 17.6 Å². The molecule has 0 saturated heterocycles. The Kier molecular flexibility index (Phi) is 3.53. The van der Waals surface area contributed by atoms with Crippen molar-refractivity contribution in [2.75, 3.05) is 11.9 Å². The first kappa shape index (κ1) is 13.0. The second-order valence-electron chi connectivity index (χ2n) is 6.02. The van der Waals surface area contributed by atoms with Gasteiger partial charge in [0.1, 0.15) is 0 Å². The highest BCUT2D eigenvalue weighted by Gasteiger charge is 2.58. The van der Waals surface area contributed by atoms with Gasteiger partial charge in [-0.3, -0.25) is 0 Å². The molecule has 2 heteroatoms. The van der Waals surface area contributed by atoms with Crippen molar-refractivity contribution in [1.82, 2.24) is 0 Å². The Hall–Kier alpha value is -1.02. The van der Waals surface area contributed by atoms with Crippen LogP contribution in [-0.2, 0) is 11.2 Å². The molecule has 0 aliphatic heterocycles. The Bertz CT molecular complexity index is 439. The molecule has 0 radical (unpaired) electrons. The highest BCUT2D eigenvalue weighted by Crippen LogP contribution is 2.58. The van der Waals surface area contributed by atoms with Crippen molar-refractivity contribution >= 4 is 5.69 Å². The third-order valence-electron chi connectivity index (χ3n) is 5.11. The summed E-state index contributed by atoms with van der Waals surface area (Å²) in [6, 6.07) is 9.46. The van der Waals surface area contributed by atoms with Crippen molar-refractivity contribution in [2.45, 2.75) is 58.1 Å². The molecular formula is C17H25NO. The Labute approximate surface area is 116 Å². The lowest BCUT2D eigenvalue weighted by molar-refractivity contribution is -0.157. The second kappa shape index (κ2) is 5.16. The van der Waals surface area contributed by atoms with Crippen LogP contribution in [-0.4, -0.2) is 18.8 Å². The fraction of sp³-hybridized carbons (Fsp3) is 0.647. The van der Waals surface area contributed by atoms with Gasteiger partial charge < -0.3 is 10.1 Å². The standard InChI is InChI=1S/C17H25NO/c1-3-13-7-5-8-14(11-13)18-15-12-16(19-4-2)17(15)9-6-10-17/h5,7-8,11,15-16,18H,3-4,6,9-10,12H2,1-2H3. The molecule has 104 valence electrons. The summed E-state index contributed by atoms with van der Waals surface area (Å²) in [6.45, 7) is 5.17. The molecule has 2 nitrogen and oxygen atoms in total. The summed E-state index contributed by atoms with van der Waals surface area (Å²) in [7, 11) is 0. The SMILES string of the molecule is CCOC1CC(Nc2cccc(CC)c2)C12CCC2. The maximum atomic E-state index is 5.91. The molecule has 2 aliphatic rings. The predicted molar refractivity (Wildman–Crippen MR) is 79.5 cm³/mol. The van der Waals surface area contributed by atoms with Crippen LogP contribution in [0, 0.1) is 5.41 Å². The highest BCUT2D eigenvalue weighted by atomic mass is 16.5. The van der Waals surface area contributed by atoms with E-state index < -0.39 is 0 Å². The number of nitrogens with one attached hydrogen (secondary N) is 1. The minimum atomic E-state index is 0.443. The Morgan fingerprint density at radius 3 is 2.79 bits per heavy atom. The molecule has 0 amide bonds. The summed E-state index contributed by atoms with van der Waals surface area (Å²) < 4.78 is 5.91. The molecule has 2 fully saturated rings. The van der Waals surface area contributed by atoms with Gasteiger partial charge in [0, 0.05) is 23.8 Å². The molecule has 0 heterocycles. The Morgan fingerprint density at radius 2 is 2.16 bits per heavy atom. The fourth-order valence-corrected chi connectivity index (χ4v) is 3.72. The van der Waals surface area contributed by atoms with Gasteiger partial charge in [-0.15, -0.1) is 0 Å². The van der Waals surface area contributed by atoms with Gasteiger partial charge in [0.25, 0.3) is 0 Å². The minimum absolute atomic E-state index is 0.443. The summed E-state index contributed by atoms with van der Waals surface area (Å²) in [6.07, 6.45) is 6.82. The number of anilines is 1. The Balaban J connectivity index is 1.67. The molecule has 19 heavy (non-hydrogen) atoms. The van der Waals surface area contributed by atoms with Crippen LogP contribution < -0.4 is 5.32 Å². The van der Waals surface area contributed by atoms with Crippen LogP contribution in [0.1, 0.15) is 45.1 Å². The van der Waals surface area contributed by atoms with Crippen molar-refractivity contribution < 1.29 is 4.74 Å². The third-order valence-corrected chi connectivity index (χ3v) is 5.11. The van der Waals surface area contributed by atoms with Crippen molar-refractivity contribution in [3.63, 3.8) is 0 Å². The van der Waals surface area contributed by atoms with Crippen molar-refractivity contribution in [1.29, 1.82) is 0 Å². The Morgan fingerprint density at radius 1 is 1.32 bits per heavy atom. The lowest BCUT2D eigenvalue weighted by Gasteiger charge is -2.61. The molecule has 1 spiro atoms. The molecule has 0 bridgehead atoms. The van der Waals surface area contributed by atoms with E-state index in [1.54, 1.807) is 0 Å². The predicted octanol–water partition coefficient (Wildman–Crippen LogP) is 4.01. The molecule has 2 unspecified atom stereocenters. The minimum Gasteiger partial charge on any atom is -0.382 e. The third kappa shape index (κ3) is 2.16. The average molecular weight is 259 g/mol. The summed E-state index contributed by atoms with van der Waals surface area (Å²) in [4.78, 5) is 0. The first-order valence-corrected chi connectivity index (χ1v) is 7.75. The largest absolute Gasteiger partial charge is 0.382 e. The van der Waals surface area contributed by atoms with Crippen LogP contribution in [0.25, 0.3) is 0 Å².